The molecule has 0 radical (unpaired) electrons. The number of halogens is 1. The summed E-state index contributed by atoms with van der Waals surface area (Å²) in [6.45, 7) is 8.32. The summed E-state index contributed by atoms with van der Waals surface area (Å²) in [6, 6.07) is 4.84. The Morgan fingerprint density at radius 3 is 2.69 bits per heavy atom. The van der Waals surface area contributed by atoms with Gasteiger partial charge >= 0.3 is 0 Å². The number of nitrogens with one attached hydrogen (secondary N) is 1. The lowest BCUT2D eigenvalue weighted by molar-refractivity contribution is 0.269. The Balaban J connectivity index is 2.65. The van der Waals surface area contributed by atoms with Crippen LogP contribution in [0.25, 0.3) is 0 Å². The van der Waals surface area contributed by atoms with Crippen LogP contribution in [0.1, 0.15) is 26.3 Å². The molecule has 1 N–H and O–H groups in total. The van der Waals surface area contributed by atoms with Gasteiger partial charge in [0.2, 0.25) is 0 Å². The molecule has 0 aromatic heterocycles. The zero-order valence-corrected chi connectivity index (χ0v) is 10.2. The van der Waals surface area contributed by atoms with Gasteiger partial charge in [-0.3, -0.25) is 0 Å². The second-order valence-corrected chi connectivity index (χ2v) is 4.28. The van der Waals surface area contributed by atoms with Crippen LogP contribution in [0.3, 0.4) is 0 Å². The first-order valence-electron chi connectivity index (χ1n) is 5.74. The number of ether oxygens (including phenoxy) is 1. The molecule has 16 heavy (non-hydrogen) atoms. The third-order valence-corrected chi connectivity index (χ3v) is 2.09. The summed E-state index contributed by atoms with van der Waals surface area (Å²) in [6.07, 6.45) is 0. The van der Waals surface area contributed by atoms with Gasteiger partial charge in [-0.05, 0) is 30.2 Å². The number of hydrogen-bond acceptors (Lipinski definition) is 2. The van der Waals surface area contributed by atoms with Crippen LogP contribution in [0.2, 0.25) is 0 Å². The van der Waals surface area contributed by atoms with E-state index in [-0.39, 0.29) is 5.82 Å². The topological polar surface area (TPSA) is 21.3 Å². The van der Waals surface area contributed by atoms with Crippen LogP contribution in [-0.4, -0.2) is 13.2 Å². The molecule has 0 saturated carbocycles. The van der Waals surface area contributed by atoms with E-state index in [9.17, 15) is 4.39 Å². The van der Waals surface area contributed by atoms with Crippen molar-refractivity contribution in [1.82, 2.24) is 5.32 Å². The van der Waals surface area contributed by atoms with E-state index in [1.807, 2.05) is 13.0 Å². The van der Waals surface area contributed by atoms with Crippen molar-refractivity contribution < 1.29 is 9.13 Å². The summed E-state index contributed by atoms with van der Waals surface area (Å²) >= 11 is 0. The van der Waals surface area contributed by atoms with Crippen molar-refractivity contribution in [3.8, 4) is 5.75 Å². The van der Waals surface area contributed by atoms with Crippen molar-refractivity contribution in [2.45, 2.75) is 27.3 Å². The zero-order chi connectivity index (χ0) is 12.0. The first-order chi connectivity index (χ1) is 7.61. The lowest BCUT2D eigenvalue weighted by Crippen LogP contribution is -2.12. The van der Waals surface area contributed by atoms with Gasteiger partial charge in [0.1, 0.15) is 11.6 Å². The van der Waals surface area contributed by atoms with Crippen molar-refractivity contribution in [2.24, 2.45) is 5.92 Å². The van der Waals surface area contributed by atoms with Gasteiger partial charge in [0.05, 0.1) is 6.61 Å². The van der Waals surface area contributed by atoms with Gasteiger partial charge in [0, 0.05) is 12.6 Å². The zero-order valence-electron chi connectivity index (χ0n) is 10.2. The Bertz CT molecular complexity index is 326. The summed E-state index contributed by atoms with van der Waals surface area (Å²) in [5.74, 6) is 0.816. The number of benzene rings is 1. The highest BCUT2D eigenvalue weighted by atomic mass is 19.1. The Labute approximate surface area is 96.8 Å². The average Bonchev–Trinajstić information content (AvgIpc) is 2.23. The monoisotopic (exact) mass is 225 g/mol. The largest absolute Gasteiger partial charge is 0.493 e. The van der Waals surface area contributed by atoms with Crippen LogP contribution in [0.5, 0.6) is 5.75 Å². The molecule has 0 fully saturated rings. The molecule has 0 bridgehead atoms. The Hall–Kier alpha value is -1.09. The van der Waals surface area contributed by atoms with E-state index in [1.54, 1.807) is 0 Å². The average molecular weight is 225 g/mol. The molecular formula is C13H20FNO. The van der Waals surface area contributed by atoms with Crippen molar-refractivity contribution >= 4 is 0 Å². The molecule has 0 unspecified atom stereocenters. The molecule has 90 valence electrons. The lowest BCUT2D eigenvalue weighted by Gasteiger charge is -2.10. The smallest absolute Gasteiger partial charge is 0.127 e. The molecule has 0 spiro atoms. The second-order valence-electron chi connectivity index (χ2n) is 4.28. The fourth-order valence-corrected chi connectivity index (χ4v) is 1.34. The second kappa shape index (κ2) is 6.48. The number of hydrogen-bond donors (Lipinski definition) is 1. The maximum Gasteiger partial charge on any atom is 0.127 e. The molecule has 0 heterocycles. The van der Waals surface area contributed by atoms with Crippen LogP contribution in [-0.2, 0) is 6.54 Å². The number of rotatable bonds is 6. The van der Waals surface area contributed by atoms with Crippen molar-refractivity contribution in [3.63, 3.8) is 0 Å². The van der Waals surface area contributed by atoms with Crippen LogP contribution >= 0.6 is 0 Å². The molecule has 0 amide bonds. The fraction of sp³-hybridized carbons (Fsp3) is 0.538. The molecule has 1 rings (SSSR count). The van der Waals surface area contributed by atoms with E-state index in [0.29, 0.717) is 24.8 Å². The van der Waals surface area contributed by atoms with E-state index < -0.39 is 0 Å². The van der Waals surface area contributed by atoms with Crippen LogP contribution in [0.15, 0.2) is 18.2 Å². The fourth-order valence-electron chi connectivity index (χ4n) is 1.34. The third-order valence-electron chi connectivity index (χ3n) is 2.09. The maximum atomic E-state index is 13.3. The molecule has 3 heteroatoms. The van der Waals surface area contributed by atoms with Gasteiger partial charge in [-0.15, -0.1) is 0 Å². The van der Waals surface area contributed by atoms with Gasteiger partial charge in [-0.25, -0.2) is 4.39 Å². The van der Waals surface area contributed by atoms with E-state index >= 15 is 0 Å². The van der Waals surface area contributed by atoms with Gasteiger partial charge in [-0.1, -0.05) is 20.8 Å². The predicted octanol–water partition coefficient (Wildman–Crippen LogP) is 2.97. The molecule has 0 aliphatic heterocycles. The Morgan fingerprint density at radius 2 is 2.06 bits per heavy atom. The quantitative estimate of drug-likeness (QED) is 0.803. The van der Waals surface area contributed by atoms with Crippen LogP contribution in [0, 0.1) is 11.7 Å². The van der Waals surface area contributed by atoms with Gasteiger partial charge in [0.15, 0.2) is 0 Å². The lowest BCUT2D eigenvalue weighted by atomic mass is 10.2. The highest BCUT2D eigenvalue weighted by Crippen LogP contribution is 2.17. The Kier molecular flexibility index (Phi) is 5.26. The molecular weight excluding hydrogens is 205 g/mol. The minimum atomic E-state index is -0.242. The maximum absolute atomic E-state index is 13.3. The molecule has 1 aromatic carbocycles. The Morgan fingerprint density at radius 1 is 1.31 bits per heavy atom. The van der Waals surface area contributed by atoms with Crippen molar-refractivity contribution in [3.05, 3.63) is 29.6 Å². The summed E-state index contributed by atoms with van der Waals surface area (Å²) in [7, 11) is 0. The molecule has 0 saturated heterocycles. The summed E-state index contributed by atoms with van der Waals surface area (Å²) in [5, 5.41) is 3.16. The van der Waals surface area contributed by atoms with Crippen LogP contribution < -0.4 is 10.1 Å². The molecule has 0 atom stereocenters. The third kappa shape index (κ3) is 4.62. The summed E-state index contributed by atoms with van der Waals surface area (Å²) in [5.41, 5.74) is 0.917. The summed E-state index contributed by atoms with van der Waals surface area (Å²) < 4.78 is 18.8. The van der Waals surface area contributed by atoms with E-state index in [0.717, 1.165) is 12.1 Å². The van der Waals surface area contributed by atoms with Crippen LogP contribution in [0.4, 0.5) is 4.39 Å². The highest BCUT2D eigenvalue weighted by Gasteiger charge is 2.02. The SMILES string of the molecule is CCNCc1cc(F)cc(OCC(C)C)c1. The standard InChI is InChI=1S/C13H20FNO/c1-4-15-8-11-5-12(14)7-13(6-11)16-9-10(2)3/h5-7,10,15H,4,8-9H2,1-3H3. The molecule has 0 aliphatic carbocycles. The van der Waals surface area contributed by atoms with E-state index in [1.165, 1.54) is 12.1 Å². The normalized spacial score (nSPS) is 10.8. The first-order valence-corrected chi connectivity index (χ1v) is 5.74. The molecule has 2 nitrogen and oxygen atoms in total. The highest BCUT2D eigenvalue weighted by molar-refractivity contribution is 5.29. The van der Waals surface area contributed by atoms with E-state index in [2.05, 4.69) is 19.2 Å². The summed E-state index contributed by atoms with van der Waals surface area (Å²) in [4.78, 5) is 0. The molecule has 0 aliphatic rings. The predicted molar refractivity (Wildman–Crippen MR) is 64.1 cm³/mol. The molecule has 1 aromatic rings. The van der Waals surface area contributed by atoms with Crippen molar-refractivity contribution in [1.29, 1.82) is 0 Å². The van der Waals surface area contributed by atoms with Gasteiger partial charge < -0.3 is 10.1 Å². The minimum Gasteiger partial charge on any atom is -0.493 e. The van der Waals surface area contributed by atoms with E-state index in [4.69, 9.17) is 4.74 Å². The van der Waals surface area contributed by atoms with Gasteiger partial charge in [-0.2, -0.15) is 0 Å². The van der Waals surface area contributed by atoms with Gasteiger partial charge in [0.25, 0.3) is 0 Å². The first kappa shape index (κ1) is 13.0. The van der Waals surface area contributed by atoms with Crippen molar-refractivity contribution in [2.75, 3.05) is 13.2 Å². The minimum absolute atomic E-state index is 0.242.